The molecular weight excluding hydrogens is 376 g/mol. The Bertz CT molecular complexity index is 1210. The molecular formula is C19H20N6O2S. The lowest BCUT2D eigenvalue weighted by Crippen LogP contribution is -2.22. The molecule has 0 spiro atoms. The zero-order chi connectivity index (χ0) is 19.7. The van der Waals surface area contributed by atoms with E-state index in [-0.39, 0.29) is 10.8 Å². The third kappa shape index (κ3) is 3.11. The van der Waals surface area contributed by atoms with Crippen molar-refractivity contribution in [1.82, 2.24) is 29.3 Å². The van der Waals surface area contributed by atoms with Gasteiger partial charge in [-0.15, -0.1) is 16.8 Å². The molecule has 8 nitrogen and oxygen atoms in total. The first-order chi connectivity index (χ1) is 13.6. The Morgan fingerprint density at radius 2 is 2.14 bits per heavy atom. The highest BCUT2D eigenvalue weighted by Gasteiger charge is 2.21. The van der Waals surface area contributed by atoms with Crippen LogP contribution >= 0.6 is 11.8 Å². The maximum Gasteiger partial charge on any atom is 0.263 e. The van der Waals surface area contributed by atoms with E-state index in [2.05, 4.69) is 33.8 Å². The molecule has 0 N–H and O–H groups in total. The van der Waals surface area contributed by atoms with Crippen molar-refractivity contribution < 1.29 is 4.52 Å². The molecule has 0 saturated heterocycles. The summed E-state index contributed by atoms with van der Waals surface area (Å²) < 4.78 is 8.87. The molecule has 0 aliphatic rings. The molecule has 9 heteroatoms. The molecule has 0 saturated carbocycles. The average Bonchev–Trinajstić information content (AvgIpc) is 3.33. The van der Waals surface area contributed by atoms with E-state index >= 15 is 0 Å². The summed E-state index contributed by atoms with van der Waals surface area (Å²) in [5.74, 6) is 1.74. The molecule has 0 amide bonds. The van der Waals surface area contributed by atoms with Gasteiger partial charge in [-0.2, -0.15) is 4.98 Å². The molecule has 0 radical (unpaired) electrons. The van der Waals surface area contributed by atoms with Gasteiger partial charge in [-0.3, -0.25) is 13.8 Å². The van der Waals surface area contributed by atoms with Crippen LogP contribution in [0, 0.1) is 0 Å². The van der Waals surface area contributed by atoms with Gasteiger partial charge in [-0.1, -0.05) is 42.1 Å². The molecule has 1 unspecified atom stereocenters. The summed E-state index contributed by atoms with van der Waals surface area (Å²) in [5.41, 5.74) is 0.654. The fraction of sp³-hybridized carbons (Fsp3) is 0.316. The number of para-hydroxylation sites is 1. The molecule has 0 bridgehead atoms. The Morgan fingerprint density at radius 1 is 1.32 bits per heavy atom. The van der Waals surface area contributed by atoms with Crippen LogP contribution in [0.15, 0.2) is 51.4 Å². The maximum atomic E-state index is 12.8. The summed E-state index contributed by atoms with van der Waals surface area (Å²) in [6, 6.07) is 7.45. The summed E-state index contributed by atoms with van der Waals surface area (Å²) in [7, 11) is 0. The van der Waals surface area contributed by atoms with Crippen LogP contribution in [0.5, 0.6) is 0 Å². The quantitative estimate of drug-likeness (QED) is 0.349. The lowest BCUT2D eigenvalue weighted by molar-refractivity contribution is 0.374. The first-order valence-corrected chi connectivity index (χ1v) is 9.98. The number of fused-ring (bicyclic) bond motifs is 3. The van der Waals surface area contributed by atoms with Gasteiger partial charge in [0.25, 0.3) is 5.56 Å². The number of allylic oxidation sites excluding steroid dienone is 1. The molecule has 0 fully saturated rings. The zero-order valence-electron chi connectivity index (χ0n) is 15.7. The van der Waals surface area contributed by atoms with Crippen molar-refractivity contribution in [2.24, 2.45) is 0 Å². The van der Waals surface area contributed by atoms with Crippen molar-refractivity contribution in [2.75, 3.05) is 0 Å². The first-order valence-electron chi connectivity index (χ1n) is 9.10. The van der Waals surface area contributed by atoms with E-state index in [0.29, 0.717) is 34.6 Å². The second-order valence-electron chi connectivity index (χ2n) is 6.40. The van der Waals surface area contributed by atoms with Gasteiger partial charge >= 0.3 is 0 Å². The van der Waals surface area contributed by atoms with Crippen LogP contribution in [0.3, 0.4) is 0 Å². The lowest BCUT2D eigenvalue weighted by atomic mass is 10.2. The number of aryl methyl sites for hydroxylation is 1. The predicted octanol–water partition coefficient (Wildman–Crippen LogP) is 3.42. The second-order valence-corrected chi connectivity index (χ2v) is 7.71. The van der Waals surface area contributed by atoms with Gasteiger partial charge in [0.1, 0.15) is 0 Å². The third-order valence-electron chi connectivity index (χ3n) is 4.38. The molecule has 4 aromatic rings. The molecule has 1 aromatic carbocycles. The number of hydrogen-bond acceptors (Lipinski definition) is 7. The van der Waals surface area contributed by atoms with Crippen LogP contribution in [0.2, 0.25) is 0 Å². The Balaban J connectivity index is 1.81. The number of hydrogen-bond donors (Lipinski definition) is 0. The normalized spacial score (nSPS) is 12.6. The summed E-state index contributed by atoms with van der Waals surface area (Å²) in [5, 5.41) is 13.8. The molecule has 0 aliphatic carbocycles. The maximum absolute atomic E-state index is 12.8. The monoisotopic (exact) mass is 396 g/mol. The minimum Gasteiger partial charge on any atom is -0.338 e. The number of nitrogens with zero attached hydrogens (tertiary/aromatic N) is 6. The summed E-state index contributed by atoms with van der Waals surface area (Å²) in [6.45, 7) is 8.16. The first kappa shape index (κ1) is 18.4. The van der Waals surface area contributed by atoms with Gasteiger partial charge in [-0.05, 0) is 25.5 Å². The van der Waals surface area contributed by atoms with E-state index in [9.17, 15) is 4.79 Å². The smallest absolute Gasteiger partial charge is 0.263 e. The summed E-state index contributed by atoms with van der Waals surface area (Å²) >= 11 is 1.46. The minimum atomic E-state index is -0.110. The van der Waals surface area contributed by atoms with E-state index in [1.165, 1.54) is 11.8 Å². The van der Waals surface area contributed by atoms with Gasteiger partial charge < -0.3 is 4.52 Å². The standard InChI is InChI=1S/C19H20N6O2S/c1-4-8-15-20-16(27-23-15)12(3)28-19-22-21-18-24(11-5-2)17(26)13-9-6-7-10-14(13)25(18)19/h5-7,9-10,12H,2,4,8,11H2,1,3H3. The van der Waals surface area contributed by atoms with Gasteiger partial charge in [0.05, 0.1) is 16.2 Å². The molecule has 3 aromatic heterocycles. The fourth-order valence-electron chi connectivity index (χ4n) is 3.07. The molecule has 1 atom stereocenters. The molecule has 28 heavy (non-hydrogen) atoms. The van der Waals surface area contributed by atoms with Crippen LogP contribution in [0.4, 0.5) is 0 Å². The number of benzene rings is 1. The zero-order valence-corrected chi connectivity index (χ0v) is 16.5. The average molecular weight is 396 g/mol. The van der Waals surface area contributed by atoms with Crippen LogP contribution in [0.1, 0.15) is 37.2 Å². The highest BCUT2D eigenvalue weighted by Crippen LogP contribution is 2.34. The van der Waals surface area contributed by atoms with Crippen LogP contribution in [-0.2, 0) is 13.0 Å². The topological polar surface area (TPSA) is 91.1 Å². The third-order valence-corrected chi connectivity index (χ3v) is 5.41. The van der Waals surface area contributed by atoms with Crippen LogP contribution in [0.25, 0.3) is 16.7 Å². The van der Waals surface area contributed by atoms with E-state index in [1.807, 2.05) is 35.6 Å². The number of rotatable bonds is 7. The largest absolute Gasteiger partial charge is 0.338 e. The fourth-order valence-corrected chi connectivity index (χ4v) is 3.96. The Hall–Kier alpha value is -2.94. The summed E-state index contributed by atoms with van der Waals surface area (Å²) in [4.78, 5) is 17.3. The Labute approximate surface area is 165 Å². The Morgan fingerprint density at radius 3 is 2.93 bits per heavy atom. The van der Waals surface area contributed by atoms with Gasteiger partial charge in [-0.25, -0.2) is 0 Å². The highest BCUT2D eigenvalue weighted by molar-refractivity contribution is 7.99. The van der Waals surface area contributed by atoms with Crippen molar-refractivity contribution in [3.8, 4) is 0 Å². The van der Waals surface area contributed by atoms with Crippen molar-refractivity contribution in [3.05, 3.63) is 59.0 Å². The van der Waals surface area contributed by atoms with E-state index in [0.717, 1.165) is 18.4 Å². The van der Waals surface area contributed by atoms with Gasteiger partial charge in [0.15, 0.2) is 11.0 Å². The SMILES string of the molecule is C=CCn1c(=O)c2ccccc2n2c(SC(C)c3nc(CCC)no3)nnc12. The summed E-state index contributed by atoms with van der Waals surface area (Å²) in [6.07, 6.45) is 3.42. The van der Waals surface area contributed by atoms with E-state index in [4.69, 9.17) is 4.52 Å². The van der Waals surface area contributed by atoms with Crippen LogP contribution in [-0.4, -0.2) is 29.3 Å². The van der Waals surface area contributed by atoms with Gasteiger partial charge in [0, 0.05) is 13.0 Å². The van der Waals surface area contributed by atoms with E-state index in [1.54, 1.807) is 10.6 Å². The van der Waals surface area contributed by atoms with Crippen molar-refractivity contribution >= 4 is 28.4 Å². The molecule has 3 heterocycles. The number of thioether (sulfide) groups is 1. The van der Waals surface area contributed by atoms with E-state index < -0.39 is 0 Å². The Kier molecular flexibility index (Phi) is 4.99. The predicted molar refractivity (Wildman–Crippen MR) is 108 cm³/mol. The van der Waals surface area contributed by atoms with Crippen LogP contribution < -0.4 is 5.56 Å². The molecule has 4 rings (SSSR count). The highest BCUT2D eigenvalue weighted by atomic mass is 32.2. The van der Waals surface area contributed by atoms with Crippen molar-refractivity contribution in [2.45, 2.75) is 43.6 Å². The van der Waals surface area contributed by atoms with Crippen molar-refractivity contribution in [1.29, 1.82) is 0 Å². The minimum absolute atomic E-state index is 0.107. The molecule has 144 valence electrons. The second kappa shape index (κ2) is 7.59. The van der Waals surface area contributed by atoms with Crippen molar-refractivity contribution in [3.63, 3.8) is 0 Å². The molecule has 0 aliphatic heterocycles. The number of aromatic nitrogens is 6. The lowest BCUT2D eigenvalue weighted by Gasteiger charge is -2.10. The van der Waals surface area contributed by atoms with Gasteiger partial charge in [0.2, 0.25) is 11.7 Å².